The van der Waals surface area contributed by atoms with Crippen molar-refractivity contribution in [2.75, 3.05) is 0 Å². The molecule has 3 aromatic carbocycles. The van der Waals surface area contributed by atoms with Gasteiger partial charge >= 0.3 is 201 Å². The van der Waals surface area contributed by atoms with E-state index >= 15 is 0 Å². The van der Waals surface area contributed by atoms with Gasteiger partial charge in [0.25, 0.3) is 0 Å². The molecule has 0 amide bonds. The number of rotatable bonds is 2. The van der Waals surface area contributed by atoms with Crippen LogP contribution in [0.4, 0.5) is 39.5 Å². The van der Waals surface area contributed by atoms with E-state index in [1.807, 2.05) is 0 Å². The summed E-state index contributed by atoms with van der Waals surface area (Å²) in [7, 11) is 0. The van der Waals surface area contributed by atoms with E-state index in [2.05, 4.69) is 0 Å². The minimum absolute atomic E-state index is 0.139. The molecule has 0 saturated carbocycles. The monoisotopic (exact) mass is 586 g/mol. The zero-order valence-corrected chi connectivity index (χ0v) is 19.5. The standard InChI is InChI=1S/C24H15F9O2Se/c25-22(26,27)20(16-11-5-2-6-12-16)19(15-9-3-1-4-10-15)36(34-20)18-14-8-7-13-17(18)21(35-36,23(28,29)30)24(31,32)33/h1-14,19H/t19-,20+/m0/s1. The van der Waals surface area contributed by atoms with E-state index in [-0.39, 0.29) is 5.56 Å². The number of hydrogen-bond donors (Lipinski definition) is 0. The number of hydrogen-bond acceptors (Lipinski definition) is 2. The van der Waals surface area contributed by atoms with Crippen molar-refractivity contribution in [1.82, 2.24) is 0 Å². The quantitative estimate of drug-likeness (QED) is 0.253. The number of alkyl halides is 9. The Labute approximate surface area is 201 Å². The molecule has 1 spiro atoms. The van der Waals surface area contributed by atoms with Gasteiger partial charge in [0.2, 0.25) is 0 Å². The third-order valence-electron chi connectivity index (χ3n) is 6.28. The summed E-state index contributed by atoms with van der Waals surface area (Å²) >= 11 is -5.37. The van der Waals surface area contributed by atoms with E-state index in [1.54, 1.807) is 0 Å². The average Bonchev–Trinajstić information content (AvgIpc) is 3.12. The first-order valence-electron chi connectivity index (χ1n) is 10.4. The second kappa shape index (κ2) is 7.74. The Morgan fingerprint density at radius 2 is 1.08 bits per heavy atom. The summed E-state index contributed by atoms with van der Waals surface area (Å²) in [5.74, 6) is 0. The third-order valence-corrected chi connectivity index (χ3v) is 13.0. The number of benzene rings is 3. The van der Waals surface area contributed by atoms with Gasteiger partial charge in [-0.15, -0.1) is 0 Å². The van der Waals surface area contributed by atoms with Gasteiger partial charge in [0.1, 0.15) is 0 Å². The second-order valence-electron chi connectivity index (χ2n) is 8.27. The zero-order valence-electron chi connectivity index (χ0n) is 17.8. The Morgan fingerprint density at radius 3 is 1.61 bits per heavy atom. The van der Waals surface area contributed by atoms with Crippen molar-refractivity contribution in [3.05, 3.63) is 102 Å². The van der Waals surface area contributed by atoms with Crippen molar-refractivity contribution in [2.45, 2.75) is 34.5 Å². The Bertz CT molecular complexity index is 1260. The van der Waals surface area contributed by atoms with Gasteiger partial charge in [-0.3, -0.25) is 0 Å². The summed E-state index contributed by atoms with van der Waals surface area (Å²) < 4.78 is 140. The van der Waals surface area contributed by atoms with Crippen molar-refractivity contribution < 1.29 is 47.2 Å². The summed E-state index contributed by atoms with van der Waals surface area (Å²) in [5.41, 5.74) is -9.95. The number of halogens is 9. The van der Waals surface area contributed by atoms with Gasteiger partial charge in [0.15, 0.2) is 0 Å². The third kappa shape index (κ3) is 3.08. The fraction of sp³-hybridized carbons (Fsp3) is 0.250. The Morgan fingerprint density at radius 1 is 0.583 bits per heavy atom. The normalized spacial score (nSPS) is 29.3. The predicted molar refractivity (Wildman–Crippen MR) is 111 cm³/mol. The van der Waals surface area contributed by atoms with Crippen LogP contribution in [0.2, 0.25) is 0 Å². The van der Waals surface area contributed by atoms with Crippen LogP contribution in [0, 0.1) is 0 Å². The molecule has 0 aromatic heterocycles. The van der Waals surface area contributed by atoms with Gasteiger partial charge in [0, 0.05) is 0 Å². The maximum absolute atomic E-state index is 14.9. The van der Waals surface area contributed by atoms with Gasteiger partial charge < -0.3 is 0 Å². The first kappa shape index (κ1) is 25.1. The van der Waals surface area contributed by atoms with Crippen LogP contribution >= 0.6 is 0 Å². The SMILES string of the molecule is FC(F)(F)C1(C(F)(F)F)O[Se]2(O[C@@](c3ccccc3)(C(F)(F)F)[C@@H]2c2ccccc2)c2ccccc21. The molecule has 0 radical (unpaired) electrons. The van der Waals surface area contributed by atoms with Gasteiger partial charge in [-0.25, -0.2) is 0 Å². The first-order chi connectivity index (χ1) is 16.7. The van der Waals surface area contributed by atoms with Crippen LogP contribution in [-0.4, -0.2) is 32.0 Å². The average molecular weight is 585 g/mol. The van der Waals surface area contributed by atoms with Crippen molar-refractivity contribution in [3.8, 4) is 0 Å². The summed E-state index contributed by atoms with van der Waals surface area (Å²) in [6.45, 7) is 0. The maximum atomic E-state index is 14.9. The summed E-state index contributed by atoms with van der Waals surface area (Å²) in [6, 6.07) is 16.4. The van der Waals surface area contributed by atoms with E-state index in [4.69, 9.17) is 7.64 Å². The molecule has 2 nitrogen and oxygen atoms in total. The molecule has 5 rings (SSSR count). The van der Waals surface area contributed by atoms with Crippen molar-refractivity contribution in [2.24, 2.45) is 0 Å². The Balaban J connectivity index is 1.85. The van der Waals surface area contributed by atoms with Crippen LogP contribution in [0.3, 0.4) is 0 Å². The van der Waals surface area contributed by atoms with Crippen LogP contribution < -0.4 is 4.46 Å². The first-order valence-corrected chi connectivity index (χ1v) is 13.6. The van der Waals surface area contributed by atoms with Crippen LogP contribution in [0.1, 0.15) is 21.5 Å². The molecular weight excluding hydrogens is 570 g/mol. The molecule has 1 fully saturated rings. The fourth-order valence-electron chi connectivity index (χ4n) is 4.83. The molecule has 12 heteroatoms. The van der Waals surface area contributed by atoms with Crippen molar-refractivity contribution >= 4 is 18.0 Å². The van der Waals surface area contributed by atoms with E-state index in [9.17, 15) is 39.5 Å². The molecular formula is C24H15F9O2Se. The summed E-state index contributed by atoms with van der Waals surface area (Å²) in [5, 5.41) is 0. The molecule has 0 aliphatic carbocycles. The topological polar surface area (TPSA) is 18.5 Å². The van der Waals surface area contributed by atoms with Gasteiger partial charge in [-0.05, 0) is 0 Å². The van der Waals surface area contributed by atoms with Crippen LogP contribution in [0.15, 0.2) is 84.9 Å². The Hall–Kier alpha value is -2.53. The Kier molecular flexibility index (Phi) is 5.40. The van der Waals surface area contributed by atoms with Crippen molar-refractivity contribution in [1.29, 1.82) is 0 Å². The van der Waals surface area contributed by atoms with Gasteiger partial charge in [-0.1, -0.05) is 0 Å². The predicted octanol–water partition coefficient (Wildman–Crippen LogP) is 6.50. The molecule has 0 bridgehead atoms. The number of fused-ring (bicyclic) bond motifs is 2. The zero-order chi connectivity index (χ0) is 26.2. The van der Waals surface area contributed by atoms with E-state index in [0.29, 0.717) is 6.07 Å². The molecule has 3 aromatic rings. The molecule has 2 heterocycles. The van der Waals surface area contributed by atoms with Crippen LogP contribution in [0.5, 0.6) is 0 Å². The fourth-order valence-corrected chi connectivity index (χ4v) is 13.0. The van der Waals surface area contributed by atoms with Gasteiger partial charge in [-0.2, -0.15) is 0 Å². The van der Waals surface area contributed by atoms with E-state index < -0.39 is 63.6 Å². The van der Waals surface area contributed by atoms with Crippen LogP contribution in [-0.2, 0) is 18.8 Å². The molecule has 1 unspecified atom stereocenters. The molecule has 36 heavy (non-hydrogen) atoms. The molecule has 3 atom stereocenters. The molecule has 2 aliphatic heterocycles. The molecule has 1 saturated heterocycles. The molecule has 2 aliphatic rings. The van der Waals surface area contributed by atoms with Crippen LogP contribution in [0.25, 0.3) is 0 Å². The molecule has 0 N–H and O–H groups in total. The molecule has 192 valence electrons. The van der Waals surface area contributed by atoms with E-state index in [1.165, 1.54) is 48.5 Å². The minimum atomic E-state index is -6.03. The second-order valence-corrected chi connectivity index (χ2v) is 13.2. The summed E-state index contributed by atoms with van der Waals surface area (Å²) in [4.78, 5) is -2.00. The van der Waals surface area contributed by atoms with Gasteiger partial charge in [0.05, 0.1) is 0 Å². The van der Waals surface area contributed by atoms with E-state index in [0.717, 1.165) is 30.3 Å². The summed E-state index contributed by atoms with van der Waals surface area (Å²) in [6.07, 6.45) is -17.3. The van der Waals surface area contributed by atoms with Crippen molar-refractivity contribution in [3.63, 3.8) is 0 Å².